The first kappa shape index (κ1) is 21.3. The number of rotatable bonds is 7. The van der Waals surface area contributed by atoms with Gasteiger partial charge in [0.05, 0.1) is 16.4 Å². The second-order valence-corrected chi connectivity index (χ2v) is 8.17. The summed E-state index contributed by atoms with van der Waals surface area (Å²) in [5.74, 6) is -0.755. The summed E-state index contributed by atoms with van der Waals surface area (Å²) in [7, 11) is -3.92. The van der Waals surface area contributed by atoms with Gasteiger partial charge in [0.15, 0.2) is 11.6 Å². The second kappa shape index (κ2) is 9.36. The number of urea groups is 1. The molecular weight excluding hydrogens is 409 g/mol. The van der Waals surface area contributed by atoms with Gasteiger partial charge in [0.1, 0.15) is 0 Å². The number of carbonyl (C=O) groups is 1. The van der Waals surface area contributed by atoms with Crippen molar-refractivity contribution < 1.29 is 22.3 Å². The molecule has 0 atom stereocenters. The monoisotopic (exact) mass is 429 g/mol. The molecule has 2 N–H and O–H groups in total. The van der Waals surface area contributed by atoms with E-state index < -0.39 is 21.7 Å². The van der Waals surface area contributed by atoms with Gasteiger partial charge in [-0.15, -0.1) is 0 Å². The predicted molar refractivity (Wildman–Crippen MR) is 110 cm³/mol. The van der Waals surface area contributed by atoms with Gasteiger partial charge in [-0.1, -0.05) is 6.07 Å². The molecule has 0 radical (unpaired) electrons. The summed E-state index contributed by atoms with van der Waals surface area (Å²) < 4.78 is 44.6. The zero-order valence-corrected chi connectivity index (χ0v) is 16.9. The van der Waals surface area contributed by atoms with Crippen LogP contribution in [0, 0.1) is 5.82 Å². The van der Waals surface area contributed by atoms with Gasteiger partial charge in [-0.25, -0.2) is 17.6 Å². The highest BCUT2D eigenvalue weighted by atomic mass is 32.2. The van der Waals surface area contributed by atoms with Crippen LogP contribution >= 0.6 is 0 Å². The summed E-state index contributed by atoms with van der Waals surface area (Å²) in [6, 6.07) is 12.3. The summed E-state index contributed by atoms with van der Waals surface area (Å²) in [5.41, 5.74) is 1.26. The number of aromatic nitrogens is 1. The predicted octanol–water partition coefficient (Wildman–Crippen LogP) is 3.77. The van der Waals surface area contributed by atoms with E-state index in [1.165, 1.54) is 36.4 Å². The molecule has 30 heavy (non-hydrogen) atoms. The van der Waals surface area contributed by atoms with Crippen LogP contribution in [0.1, 0.15) is 12.5 Å². The van der Waals surface area contributed by atoms with Crippen LogP contribution in [-0.2, 0) is 16.4 Å². The number of ether oxygens (including phenoxy) is 1. The number of hydrogen-bond donors (Lipinski definition) is 2. The maximum absolute atomic E-state index is 14.0. The fraction of sp³-hybridized carbons (Fsp3) is 0.143. The second-order valence-electron chi connectivity index (χ2n) is 6.22. The lowest BCUT2D eigenvalue weighted by Gasteiger charge is -2.10. The fourth-order valence-corrected chi connectivity index (χ4v) is 3.91. The van der Waals surface area contributed by atoms with Crippen molar-refractivity contribution in [2.45, 2.75) is 23.3 Å². The first-order valence-corrected chi connectivity index (χ1v) is 10.6. The van der Waals surface area contributed by atoms with Crippen LogP contribution in [0.5, 0.6) is 5.75 Å². The van der Waals surface area contributed by atoms with Crippen LogP contribution in [-0.4, -0.2) is 26.0 Å². The minimum absolute atomic E-state index is 0.00621. The molecule has 2 amide bonds. The summed E-state index contributed by atoms with van der Waals surface area (Å²) in [4.78, 5) is 15.8. The van der Waals surface area contributed by atoms with Crippen molar-refractivity contribution in [1.29, 1.82) is 0 Å². The van der Waals surface area contributed by atoms with E-state index in [2.05, 4.69) is 15.6 Å². The van der Waals surface area contributed by atoms with Gasteiger partial charge >= 0.3 is 6.03 Å². The molecule has 3 rings (SSSR count). The molecule has 156 valence electrons. The Morgan fingerprint density at radius 2 is 1.83 bits per heavy atom. The SMILES string of the molecule is CCOc1ccc(S(=O)(=O)c2ccc(NC(=O)NCc3cccnc3)cc2)cc1F. The zero-order chi connectivity index (χ0) is 21.6. The van der Waals surface area contributed by atoms with Gasteiger partial charge < -0.3 is 15.4 Å². The van der Waals surface area contributed by atoms with Gasteiger partial charge in [0.2, 0.25) is 9.84 Å². The third-order valence-corrected chi connectivity index (χ3v) is 5.88. The first-order chi connectivity index (χ1) is 14.4. The number of halogens is 1. The van der Waals surface area contributed by atoms with E-state index in [-0.39, 0.29) is 22.1 Å². The molecule has 2 aromatic carbocycles. The molecule has 9 heteroatoms. The molecule has 0 saturated carbocycles. The highest BCUT2D eigenvalue weighted by molar-refractivity contribution is 7.91. The van der Waals surface area contributed by atoms with E-state index >= 15 is 0 Å². The van der Waals surface area contributed by atoms with E-state index in [1.54, 1.807) is 25.4 Å². The van der Waals surface area contributed by atoms with Gasteiger partial charge in [-0.2, -0.15) is 0 Å². The Hall–Kier alpha value is -3.46. The number of nitrogens with zero attached hydrogens (tertiary/aromatic N) is 1. The van der Waals surface area contributed by atoms with Crippen molar-refractivity contribution in [3.8, 4) is 5.75 Å². The number of pyridine rings is 1. The number of sulfone groups is 1. The third kappa shape index (κ3) is 5.12. The van der Waals surface area contributed by atoms with Gasteiger partial charge in [0.25, 0.3) is 0 Å². The highest BCUT2D eigenvalue weighted by Gasteiger charge is 2.20. The lowest BCUT2D eigenvalue weighted by atomic mass is 10.3. The van der Waals surface area contributed by atoms with Crippen molar-refractivity contribution in [2.24, 2.45) is 0 Å². The van der Waals surface area contributed by atoms with Crippen molar-refractivity contribution in [3.05, 3.63) is 78.4 Å². The number of hydrogen-bond acceptors (Lipinski definition) is 5. The molecule has 0 fully saturated rings. The van der Waals surface area contributed by atoms with Crippen molar-refractivity contribution in [1.82, 2.24) is 10.3 Å². The minimum Gasteiger partial charge on any atom is -0.491 e. The molecule has 0 aliphatic rings. The standard InChI is InChI=1S/C21H20FN3O4S/c1-2-29-20-10-9-18(12-19(20)22)30(27,28)17-7-5-16(6-8-17)25-21(26)24-14-15-4-3-11-23-13-15/h3-13H,2,14H2,1H3,(H2,24,25,26). The molecule has 0 unspecified atom stereocenters. The number of benzene rings is 2. The maximum atomic E-state index is 14.0. The molecule has 1 heterocycles. The maximum Gasteiger partial charge on any atom is 0.319 e. The van der Waals surface area contributed by atoms with Crippen LogP contribution in [0.25, 0.3) is 0 Å². The first-order valence-electron chi connectivity index (χ1n) is 9.11. The minimum atomic E-state index is -3.92. The van der Waals surface area contributed by atoms with E-state index in [1.807, 2.05) is 6.07 Å². The Morgan fingerprint density at radius 1 is 1.10 bits per heavy atom. The molecule has 3 aromatic rings. The zero-order valence-electron chi connectivity index (χ0n) is 16.1. The Labute approximate surface area is 173 Å². The summed E-state index contributed by atoms with van der Waals surface area (Å²) in [5, 5.41) is 5.30. The number of anilines is 1. The van der Waals surface area contributed by atoms with E-state index in [0.29, 0.717) is 12.2 Å². The van der Waals surface area contributed by atoms with Gasteiger partial charge in [0, 0.05) is 24.6 Å². The molecule has 0 aliphatic heterocycles. The number of nitrogens with one attached hydrogen (secondary N) is 2. The summed E-state index contributed by atoms with van der Waals surface area (Å²) in [6.07, 6.45) is 3.28. The molecule has 0 saturated heterocycles. The lowest BCUT2D eigenvalue weighted by molar-refractivity contribution is 0.251. The van der Waals surface area contributed by atoms with Crippen molar-refractivity contribution >= 4 is 21.6 Å². The smallest absolute Gasteiger partial charge is 0.319 e. The largest absolute Gasteiger partial charge is 0.491 e. The van der Waals surface area contributed by atoms with Gasteiger partial charge in [-0.05, 0) is 61.0 Å². The average Bonchev–Trinajstić information content (AvgIpc) is 2.75. The van der Waals surface area contributed by atoms with E-state index in [0.717, 1.165) is 11.6 Å². The Kier molecular flexibility index (Phi) is 6.63. The van der Waals surface area contributed by atoms with Crippen LogP contribution in [0.2, 0.25) is 0 Å². The van der Waals surface area contributed by atoms with E-state index in [4.69, 9.17) is 4.74 Å². The number of carbonyl (C=O) groups excluding carboxylic acids is 1. The van der Waals surface area contributed by atoms with Crippen LogP contribution in [0.4, 0.5) is 14.9 Å². The fourth-order valence-electron chi connectivity index (χ4n) is 2.64. The van der Waals surface area contributed by atoms with Crippen LogP contribution in [0.3, 0.4) is 0 Å². The Morgan fingerprint density at radius 3 is 2.47 bits per heavy atom. The molecule has 0 spiro atoms. The average molecular weight is 429 g/mol. The Balaban J connectivity index is 1.67. The molecule has 0 aliphatic carbocycles. The van der Waals surface area contributed by atoms with Crippen LogP contribution in [0.15, 0.2) is 76.8 Å². The van der Waals surface area contributed by atoms with E-state index in [9.17, 15) is 17.6 Å². The quantitative estimate of drug-likeness (QED) is 0.596. The molecule has 7 nitrogen and oxygen atoms in total. The number of amides is 2. The Bertz CT molecular complexity index is 1120. The molecule has 0 bridgehead atoms. The van der Waals surface area contributed by atoms with Crippen molar-refractivity contribution in [2.75, 3.05) is 11.9 Å². The topological polar surface area (TPSA) is 97.4 Å². The molecule has 1 aromatic heterocycles. The molecular formula is C21H20FN3O4S. The van der Waals surface area contributed by atoms with Gasteiger partial charge in [-0.3, -0.25) is 4.98 Å². The normalized spacial score (nSPS) is 11.0. The van der Waals surface area contributed by atoms with Crippen LogP contribution < -0.4 is 15.4 Å². The summed E-state index contributed by atoms with van der Waals surface area (Å²) in [6.45, 7) is 2.28. The summed E-state index contributed by atoms with van der Waals surface area (Å²) >= 11 is 0. The lowest BCUT2D eigenvalue weighted by Crippen LogP contribution is -2.28. The highest BCUT2D eigenvalue weighted by Crippen LogP contribution is 2.26. The third-order valence-electron chi connectivity index (χ3n) is 4.11. The van der Waals surface area contributed by atoms with Crippen molar-refractivity contribution in [3.63, 3.8) is 0 Å².